The van der Waals surface area contributed by atoms with Gasteiger partial charge in [0.15, 0.2) is 0 Å². The Labute approximate surface area is 111 Å². The molecule has 18 heavy (non-hydrogen) atoms. The highest BCUT2D eigenvalue weighted by atomic mass is 16.5. The van der Waals surface area contributed by atoms with E-state index in [0.717, 1.165) is 32.4 Å². The summed E-state index contributed by atoms with van der Waals surface area (Å²) in [7, 11) is 1.45. The lowest BCUT2D eigenvalue weighted by Gasteiger charge is -2.36. The molecule has 2 N–H and O–H groups in total. The molecule has 0 unspecified atom stereocenters. The Bertz CT molecular complexity index is 238. The van der Waals surface area contributed by atoms with E-state index in [1.165, 1.54) is 26.4 Å². The SMILES string of the molecule is CCCN(CCCC(=O)OC)C1CCC(N)CC1. The van der Waals surface area contributed by atoms with Gasteiger partial charge in [-0.2, -0.15) is 0 Å². The van der Waals surface area contributed by atoms with E-state index >= 15 is 0 Å². The van der Waals surface area contributed by atoms with Crippen LogP contribution in [0.25, 0.3) is 0 Å². The lowest BCUT2D eigenvalue weighted by molar-refractivity contribution is -0.140. The third-order valence-corrected chi connectivity index (χ3v) is 3.82. The normalized spacial score (nSPS) is 24.2. The standard InChI is InChI=1S/C14H28N2O2/c1-3-10-16(11-4-5-14(17)18-2)13-8-6-12(15)7-9-13/h12-13H,3-11,15H2,1-2H3. The highest BCUT2D eigenvalue weighted by Gasteiger charge is 2.23. The van der Waals surface area contributed by atoms with Gasteiger partial charge in [0.2, 0.25) is 0 Å². The first kappa shape index (κ1) is 15.4. The third-order valence-electron chi connectivity index (χ3n) is 3.82. The Kier molecular flexibility index (Phi) is 7.28. The molecule has 0 aromatic carbocycles. The first-order valence-electron chi connectivity index (χ1n) is 7.23. The van der Waals surface area contributed by atoms with E-state index in [0.29, 0.717) is 18.5 Å². The molecule has 0 heterocycles. The van der Waals surface area contributed by atoms with Crippen LogP contribution in [0.4, 0.5) is 0 Å². The molecule has 0 aromatic heterocycles. The van der Waals surface area contributed by atoms with Crippen LogP contribution in [-0.2, 0) is 9.53 Å². The molecule has 0 atom stereocenters. The molecular formula is C14H28N2O2. The van der Waals surface area contributed by atoms with Gasteiger partial charge in [0, 0.05) is 18.5 Å². The molecule has 0 aromatic rings. The van der Waals surface area contributed by atoms with Crippen LogP contribution >= 0.6 is 0 Å². The summed E-state index contributed by atoms with van der Waals surface area (Å²) in [4.78, 5) is 13.6. The molecule has 4 nitrogen and oxygen atoms in total. The van der Waals surface area contributed by atoms with Gasteiger partial charge in [0.05, 0.1) is 7.11 Å². The van der Waals surface area contributed by atoms with E-state index < -0.39 is 0 Å². The van der Waals surface area contributed by atoms with E-state index in [1.807, 2.05) is 0 Å². The monoisotopic (exact) mass is 256 g/mol. The molecule has 0 spiro atoms. The summed E-state index contributed by atoms with van der Waals surface area (Å²) in [6.45, 7) is 4.34. The van der Waals surface area contributed by atoms with Crippen molar-refractivity contribution in [1.29, 1.82) is 0 Å². The molecule has 0 amide bonds. The van der Waals surface area contributed by atoms with Crippen LogP contribution in [0.2, 0.25) is 0 Å². The summed E-state index contributed by atoms with van der Waals surface area (Å²) in [5.41, 5.74) is 5.95. The predicted molar refractivity (Wildman–Crippen MR) is 73.3 cm³/mol. The van der Waals surface area contributed by atoms with Gasteiger partial charge in [0.1, 0.15) is 0 Å². The first-order chi connectivity index (χ1) is 8.67. The maximum absolute atomic E-state index is 11.1. The number of nitrogens with zero attached hydrogens (tertiary/aromatic N) is 1. The fourth-order valence-electron chi connectivity index (χ4n) is 2.76. The number of hydrogen-bond acceptors (Lipinski definition) is 4. The second-order valence-corrected chi connectivity index (χ2v) is 5.28. The maximum atomic E-state index is 11.1. The number of nitrogens with two attached hydrogens (primary N) is 1. The van der Waals surface area contributed by atoms with Crippen LogP contribution in [0.3, 0.4) is 0 Å². The summed E-state index contributed by atoms with van der Waals surface area (Å²) >= 11 is 0. The zero-order valence-electron chi connectivity index (χ0n) is 11.9. The number of hydrogen-bond donors (Lipinski definition) is 1. The molecule has 0 bridgehead atoms. The quantitative estimate of drug-likeness (QED) is 0.707. The molecule has 106 valence electrons. The first-order valence-corrected chi connectivity index (χ1v) is 7.23. The van der Waals surface area contributed by atoms with Crippen molar-refractivity contribution in [3.8, 4) is 0 Å². The van der Waals surface area contributed by atoms with Gasteiger partial charge in [-0.15, -0.1) is 0 Å². The van der Waals surface area contributed by atoms with Gasteiger partial charge in [-0.3, -0.25) is 4.79 Å². The van der Waals surface area contributed by atoms with Crippen LogP contribution in [-0.4, -0.2) is 43.2 Å². The zero-order valence-corrected chi connectivity index (χ0v) is 11.9. The smallest absolute Gasteiger partial charge is 0.305 e. The fraction of sp³-hybridized carbons (Fsp3) is 0.929. The van der Waals surface area contributed by atoms with Crippen LogP contribution in [0, 0.1) is 0 Å². The molecule has 1 rings (SSSR count). The van der Waals surface area contributed by atoms with Crippen molar-refractivity contribution in [2.45, 2.75) is 64.0 Å². The molecule has 1 fully saturated rings. The van der Waals surface area contributed by atoms with Gasteiger partial charge < -0.3 is 15.4 Å². The molecule has 1 aliphatic carbocycles. The van der Waals surface area contributed by atoms with Crippen molar-refractivity contribution in [3.63, 3.8) is 0 Å². The zero-order chi connectivity index (χ0) is 13.4. The third kappa shape index (κ3) is 5.36. The van der Waals surface area contributed by atoms with Crippen LogP contribution in [0.5, 0.6) is 0 Å². The average Bonchev–Trinajstić information content (AvgIpc) is 2.38. The second-order valence-electron chi connectivity index (χ2n) is 5.28. The van der Waals surface area contributed by atoms with E-state index in [1.54, 1.807) is 0 Å². The van der Waals surface area contributed by atoms with Gasteiger partial charge in [-0.1, -0.05) is 6.92 Å². The number of esters is 1. The minimum atomic E-state index is -0.0999. The number of rotatable bonds is 7. The number of methoxy groups -OCH3 is 1. The summed E-state index contributed by atoms with van der Waals surface area (Å²) in [6, 6.07) is 1.07. The van der Waals surface area contributed by atoms with E-state index in [9.17, 15) is 4.79 Å². The lowest BCUT2D eigenvalue weighted by Crippen LogP contribution is -2.41. The highest BCUT2D eigenvalue weighted by molar-refractivity contribution is 5.69. The average molecular weight is 256 g/mol. The second kappa shape index (κ2) is 8.48. The highest BCUT2D eigenvalue weighted by Crippen LogP contribution is 2.22. The molecule has 0 aliphatic heterocycles. The number of carbonyl (C=O) groups is 1. The van der Waals surface area contributed by atoms with Crippen molar-refractivity contribution >= 4 is 5.97 Å². The summed E-state index contributed by atoms with van der Waals surface area (Å²) in [5.74, 6) is -0.0999. The van der Waals surface area contributed by atoms with E-state index in [2.05, 4.69) is 16.6 Å². The van der Waals surface area contributed by atoms with Crippen LogP contribution < -0.4 is 5.73 Å². The Hall–Kier alpha value is -0.610. The topological polar surface area (TPSA) is 55.6 Å². The Morgan fingerprint density at radius 2 is 1.94 bits per heavy atom. The fourth-order valence-corrected chi connectivity index (χ4v) is 2.76. The molecule has 1 saturated carbocycles. The number of ether oxygens (including phenoxy) is 1. The van der Waals surface area contributed by atoms with Crippen LogP contribution in [0.15, 0.2) is 0 Å². The van der Waals surface area contributed by atoms with Gasteiger partial charge in [-0.25, -0.2) is 0 Å². The van der Waals surface area contributed by atoms with Crippen molar-refractivity contribution in [1.82, 2.24) is 4.90 Å². The molecule has 0 radical (unpaired) electrons. The van der Waals surface area contributed by atoms with E-state index in [-0.39, 0.29) is 5.97 Å². The molecule has 1 aliphatic rings. The Balaban J connectivity index is 2.32. The Morgan fingerprint density at radius 3 is 2.50 bits per heavy atom. The molecule has 0 saturated heterocycles. The Morgan fingerprint density at radius 1 is 1.28 bits per heavy atom. The molecule has 4 heteroatoms. The lowest BCUT2D eigenvalue weighted by atomic mass is 9.90. The van der Waals surface area contributed by atoms with Crippen LogP contribution in [0.1, 0.15) is 51.9 Å². The minimum absolute atomic E-state index is 0.0999. The van der Waals surface area contributed by atoms with Gasteiger partial charge in [0.25, 0.3) is 0 Å². The minimum Gasteiger partial charge on any atom is -0.469 e. The summed E-state index contributed by atoms with van der Waals surface area (Å²) < 4.78 is 4.68. The van der Waals surface area contributed by atoms with Gasteiger partial charge >= 0.3 is 5.97 Å². The summed E-state index contributed by atoms with van der Waals surface area (Å²) in [5, 5.41) is 0. The van der Waals surface area contributed by atoms with E-state index in [4.69, 9.17) is 5.73 Å². The maximum Gasteiger partial charge on any atom is 0.305 e. The van der Waals surface area contributed by atoms with Crippen molar-refractivity contribution < 1.29 is 9.53 Å². The number of carbonyl (C=O) groups excluding carboxylic acids is 1. The largest absolute Gasteiger partial charge is 0.469 e. The van der Waals surface area contributed by atoms with Crippen molar-refractivity contribution in [3.05, 3.63) is 0 Å². The van der Waals surface area contributed by atoms with Crippen molar-refractivity contribution in [2.24, 2.45) is 5.73 Å². The van der Waals surface area contributed by atoms with Gasteiger partial charge in [-0.05, 0) is 51.6 Å². The molecular weight excluding hydrogens is 228 g/mol. The summed E-state index contributed by atoms with van der Waals surface area (Å²) in [6.07, 6.45) is 7.29. The predicted octanol–water partition coefficient (Wildman–Crippen LogP) is 1.92. The van der Waals surface area contributed by atoms with Crippen molar-refractivity contribution in [2.75, 3.05) is 20.2 Å².